The third-order valence-corrected chi connectivity index (χ3v) is 4.95. The van der Waals surface area contributed by atoms with Crippen molar-refractivity contribution >= 4 is 17.8 Å². The predicted molar refractivity (Wildman–Crippen MR) is 121 cm³/mol. The molecule has 1 aliphatic carbocycles. The second-order valence-electron chi connectivity index (χ2n) is 7.84. The Kier molecular flexibility index (Phi) is 11.0. The highest BCUT2D eigenvalue weighted by Gasteiger charge is 2.44. The lowest BCUT2D eigenvalue weighted by Gasteiger charge is -2.20. The molecule has 2 N–H and O–H groups in total. The van der Waals surface area contributed by atoms with E-state index in [-0.39, 0.29) is 36.5 Å². The molecule has 0 spiro atoms. The third-order valence-electron chi connectivity index (χ3n) is 4.95. The third kappa shape index (κ3) is 7.57. The highest BCUT2D eigenvalue weighted by Crippen LogP contribution is 2.45. The molecule has 1 aromatic rings. The number of hydrogen-bond acceptors (Lipinski definition) is 9. The number of methoxy groups -OCH3 is 1. The van der Waals surface area contributed by atoms with E-state index in [0.29, 0.717) is 13.2 Å². The number of amides is 1. The summed E-state index contributed by atoms with van der Waals surface area (Å²) in [6.07, 6.45) is 2.17. The lowest BCUT2D eigenvalue weighted by molar-refractivity contribution is -0.0112. The number of nitrogens with zero attached hydrogens (tertiary/aromatic N) is 1. The van der Waals surface area contributed by atoms with Gasteiger partial charge in [0.15, 0.2) is 11.5 Å². The van der Waals surface area contributed by atoms with Gasteiger partial charge in [-0.3, -0.25) is 14.4 Å². The number of carbonyl (C=O) groups excluding carboxylic acids is 3. The van der Waals surface area contributed by atoms with E-state index in [4.69, 9.17) is 24.1 Å². The predicted octanol–water partition coefficient (Wildman–Crippen LogP) is 2.15. The van der Waals surface area contributed by atoms with Crippen LogP contribution in [0.5, 0.6) is 5.75 Å². The number of aliphatic hydroxyl groups is 1. The molecule has 1 aliphatic rings. The summed E-state index contributed by atoms with van der Waals surface area (Å²) in [4.78, 5) is 49.3. The molecule has 0 atom stereocenters. The Hall–Kier alpha value is -2.92. The summed E-state index contributed by atoms with van der Waals surface area (Å²) in [7, 11) is 2.58. The van der Waals surface area contributed by atoms with Gasteiger partial charge in [-0.25, -0.2) is 4.79 Å². The number of carbonyl (C=O) groups is 3. The van der Waals surface area contributed by atoms with Crippen molar-refractivity contribution in [2.45, 2.75) is 46.6 Å². The molecule has 1 heterocycles. The maximum Gasteiger partial charge on any atom is 0.511 e. The Morgan fingerprint density at radius 2 is 1.85 bits per heavy atom. The first kappa shape index (κ1) is 28.1. The van der Waals surface area contributed by atoms with E-state index in [1.54, 1.807) is 27.9 Å². The van der Waals surface area contributed by atoms with Crippen LogP contribution in [0.25, 0.3) is 0 Å². The molecule has 11 heteroatoms. The van der Waals surface area contributed by atoms with Crippen molar-refractivity contribution in [3.05, 3.63) is 27.7 Å². The van der Waals surface area contributed by atoms with Gasteiger partial charge in [-0.2, -0.15) is 0 Å². The van der Waals surface area contributed by atoms with E-state index in [0.717, 1.165) is 20.0 Å². The van der Waals surface area contributed by atoms with Crippen molar-refractivity contribution < 1.29 is 39.9 Å². The van der Waals surface area contributed by atoms with Crippen molar-refractivity contribution in [2.24, 2.45) is 5.41 Å². The molecule has 2 rings (SSSR count). The van der Waals surface area contributed by atoms with Crippen LogP contribution in [0.2, 0.25) is 0 Å². The van der Waals surface area contributed by atoms with Crippen LogP contribution in [0.3, 0.4) is 0 Å². The summed E-state index contributed by atoms with van der Waals surface area (Å²) in [5.41, 5.74) is -1.11. The monoisotopic (exact) mass is 472 g/mol. The van der Waals surface area contributed by atoms with Crippen LogP contribution < -0.4 is 15.5 Å². The Bertz CT molecular complexity index is 895. The summed E-state index contributed by atoms with van der Waals surface area (Å²) in [6.45, 7) is 6.91. The van der Waals surface area contributed by atoms with Crippen LogP contribution >= 0.6 is 0 Å². The molecule has 1 saturated carbocycles. The summed E-state index contributed by atoms with van der Waals surface area (Å²) in [6, 6.07) is -0.239. The van der Waals surface area contributed by atoms with Gasteiger partial charge >= 0.3 is 6.16 Å². The largest absolute Gasteiger partial charge is 0.511 e. The van der Waals surface area contributed by atoms with Gasteiger partial charge in [-0.1, -0.05) is 0 Å². The Morgan fingerprint density at radius 1 is 1.21 bits per heavy atom. The quantitative estimate of drug-likeness (QED) is 0.281. The molecule has 0 aromatic carbocycles. The SMILES string of the molecule is CCNC(=O)c1cn(C(C)C)c(C(C)=O)c(OCOC(=O)OCC2(COC)CC2)c1=O.CO.[HH]. The summed E-state index contributed by atoms with van der Waals surface area (Å²) in [5, 5.41) is 9.56. The number of rotatable bonds is 11. The first-order valence-corrected chi connectivity index (χ1v) is 10.6. The van der Waals surface area contributed by atoms with Crippen LogP contribution in [-0.4, -0.2) is 68.3 Å². The Labute approximate surface area is 194 Å². The lowest BCUT2D eigenvalue weighted by Crippen LogP contribution is -2.32. The minimum absolute atomic E-state index is 0. The number of hydrogen-bond donors (Lipinski definition) is 2. The lowest BCUT2D eigenvalue weighted by atomic mass is 10.1. The number of pyridine rings is 1. The van der Waals surface area contributed by atoms with E-state index in [1.807, 2.05) is 0 Å². The number of nitrogens with one attached hydrogen (secondary N) is 1. The fourth-order valence-electron chi connectivity index (χ4n) is 3.11. The fraction of sp³-hybridized carbons (Fsp3) is 0.636. The van der Waals surface area contributed by atoms with Gasteiger partial charge in [0, 0.05) is 46.8 Å². The molecule has 1 fully saturated rings. The van der Waals surface area contributed by atoms with Crippen LogP contribution in [-0.2, 0) is 14.2 Å². The molecule has 0 radical (unpaired) electrons. The number of Topliss-reactive ketones (excluding diaryl/α,β-unsaturated/α-hetero) is 1. The van der Waals surface area contributed by atoms with Crippen LogP contribution in [0.15, 0.2) is 11.0 Å². The maximum atomic E-state index is 12.9. The molecule has 0 aliphatic heterocycles. The van der Waals surface area contributed by atoms with Gasteiger partial charge in [-0.05, 0) is 33.6 Å². The van der Waals surface area contributed by atoms with Gasteiger partial charge in [0.25, 0.3) is 5.91 Å². The van der Waals surface area contributed by atoms with Crippen molar-refractivity contribution in [1.82, 2.24) is 9.88 Å². The average molecular weight is 473 g/mol. The number of aliphatic hydroxyl groups excluding tert-OH is 1. The first-order chi connectivity index (χ1) is 15.7. The van der Waals surface area contributed by atoms with E-state index >= 15 is 0 Å². The van der Waals surface area contributed by atoms with E-state index < -0.39 is 30.1 Å². The highest BCUT2D eigenvalue weighted by atomic mass is 16.8. The van der Waals surface area contributed by atoms with Crippen LogP contribution in [0.4, 0.5) is 4.79 Å². The molecular formula is C22H36N2O9. The van der Waals surface area contributed by atoms with Crippen molar-refractivity contribution in [2.75, 3.05) is 40.8 Å². The van der Waals surface area contributed by atoms with Gasteiger partial charge in [-0.15, -0.1) is 0 Å². The van der Waals surface area contributed by atoms with Crippen molar-refractivity contribution in [3.63, 3.8) is 0 Å². The smallest absolute Gasteiger partial charge is 0.451 e. The molecule has 1 amide bonds. The zero-order valence-electron chi connectivity index (χ0n) is 20.1. The fourth-order valence-corrected chi connectivity index (χ4v) is 3.11. The van der Waals surface area contributed by atoms with E-state index in [2.05, 4.69) is 5.32 Å². The second-order valence-corrected chi connectivity index (χ2v) is 7.84. The zero-order chi connectivity index (χ0) is 25.2. The molecular weight excluding hydrogens is 436 g/mol. The standard InChI is InChI=1S/C21H30N2O8.CH4O.H2/c1-6-22-19(26)15-9-23(13(2)3)16(14(4)24)18(17(15)25)30-12-31-20(27)29-11-21(7-8-21)10-28-5;1-2;/h9,13H,6-8,10-12H2,1-5H3,(H,22,26);2H,1H3;1H. The van der Waals surface area contributed by atoms with Gasteiger partial charge in [0.1, 0.15) is 17.9 Å². The van der Waals surface area contributed by atoms with Crippen LogP contribution in [0.1, 0.15) is 68.9 Å². The number of ether oxygens (including phenoxy) is 4. The van der Waals surface area contributed by atoms with Gasteiger partial charge in [0.05, 0.1) is 6.61 Å². The average Bonchev–Trinajstić information content (AvgIpc) is 3.54. The number of ketones is 1. The van der Waals surface area contributed by atoms with E-state index in [9.17, 15) is 19.2 Å². The molecule has 0 bridgehead atoms. The highest BCUT2D eigenvalue weighted by molar-refractivity contribution is 5.98. The molecule has 0 unspecified atom stereocenters. The van der Waals surface area contributed by atoms with Crippen molar-refractivity contribution in [1.29, 1.82) is 0 Å². The molecule has 0 saturated heterocycles. The second kappa shape index (κ2) is 12.9. The summed E-state index contributed by atoms with van der Waals surface area (Å²) >= 11 is 0. The normalized spacial score (nSPS) is 13.5. The Morgan fingerprint density at radius 3 is 2.33 bits per heavy atom. The number of aromatic nitrogens is 1. The minimum Gasteiger partial charge on any atom is -0.451 e. The van der Waals surface area contributed by atoms with Crippen LogP contribution in [0, 0.1) is 5.41 Å². The maximum absolute atomic E-state index is 12.9. The Balaban J connectivity index is 0.00000353. The van der Waals surface area contributed by atoms with Gasteiger partial charge < -0.3 is 33.9 Å². The minimum atomic E-state index is -0.962. The first-order valence-electron chi connectivity index (χ1n) is 10.6. The summed E-state index contributed by atoms with van der Waals surface area (Å²) < 4.78 is 22.0. The molecule has 33 heavy (non-hydrogen) atoms. The molecule has 1 aromatic heterocycles. The molecule has 188 valence electrons. The zero-order valence-corrected chi connectivity index (χ0v) is 20.1. The van der Waals surface area contributed by atoms with E-state index in [1.165, 1.54) is 17.7 Å². The topological polar surface area (TPSA) is 142 Å². The van der Waals surface area contributed by atoms with Gasteiger partial charge in [0.2, 0.25) is 12.2 Å². The summed E-state index contributed by atoms with van der Waals surface area (Å²) in [5.74, 6) is -1.37. The molecule has 11 nitrogen and oxygen atoms in total. The van der Waals surface area contributed by atoms with Crippen molar-refractivity contribution in [3.8, 4) is 5.75 Å².